The maximum Gasteiger partial charge on any atom is 0.497 e. The average molecular weight is 303 g/mol. The van der Waals surface area contributed by atoms with E-state index in [9.17, 15) is 4.39 Å². The first kappa shape index (κ1) is 15.2. The van der Waals surface area contributed by atoms with Gasteiger partial charge in [0, 0.05) is 15.4 Å². The standard InChI is InChI=1S/C13H17BClFO2S/c1-12(2)13(3,4)18-14(17-12)9-6-8(15)7-10(19-5)11(9)16/h6-7H,1-5H3. The molecule has 1 saturated heterocycles. The third-order valence-corrected chi connectivity index (χ3v) is 4.71. The summed E-state index contributed by atoms with van der Waals surface area (Å²) < 4.78 is 26.1. The van der Waals surface area contributed by atoms with Gasteiger partial charge in [-0.2, -0.15) is 0 Å². The van der Waals surface area contributed by atoms with Crippen molar-refractivity contribution in [3.63, 3.8) is 0 Å². The van der Waals surface area contributed by atoms with Gasteiger partial charge < -0.3 is 9.31 Å². The summed E-state index contributed by atoms with van der Waals surface area (Å²) in [5.41, 5.74) is -0.631. The van der Waals surface area contributed by atoms with Crippen molar-refractivity contribution in [2.45, 2.75) is 43.8 Å². The van der Waals surface area contributed by atoms with E-state index in [0.717, 1.165) is 0 Å². The first-order valence-corrected chi connectivity index (χ1v) is 7.67. The second-order valence-corrected chi connectivity index (χ2v) is 6.88. The zero-order valence-corrected chi connectivity index (χ0v) is 13.3. The molecule has 1 aliphatic heterocycles. The minimum atomic E-state index is -0.727. The van der Waals surface area contributed by atoms with Crippen LogP contribution in [0.2, 0.25) is 5.02 Å². The predicted octanol–water partition coefficient (Wildman–Crippen LogP) is 3.50. The minimum Gasteiger partial charge on any atom is -0.399 e. The Morgan fingerprint density at radius 2 is 1.68 bits per heavy atom. The van der Waals surface area contributed by atoms with Crippen LogP contribution in [0.1, 0.15) is 27.7 Å². The zero-order chi connectivity index (χ0) is 14.4. The number of thioether (sulfide) groups is 1. The van der Waals surface area contributed by atoms with Crippen LogP contribution in [0.25, 0.3) is 0 Å². The predicted molar refractivity (Wildman–Crippen MR) is 78.9 cm³/mol. The van der Waals surface area contributed by atoms with Gasteiger partial charge in [-0.15, -0.1) is 11.8 Å². The summed E-state index contributed by atoms with van der Waals surface area (Å²) in [6.45, 7) is 7.74. The molecular weight excluding hydrogens is 285 g/mol. The van der Waals surface area contributed by atoms with Gasteiger partial charge in [0.1, 0.15) is 5.82 Å². The molecule has 0 amide bonds. The summed E-state index contributed by atoms with van der Waals surface area (Å²) in [4.78, 5) is 0.497. The van der Waals surface area contributed by atoms with E-state index in [0.29, 0.717) is 15.4 Å². The zero-order valence-electron chi connectivity index (χ0n) is 11.7. The molecule has 6 heteroatoms. The largest absolute Gasteiger partial charge is 0.497 e. The molecule has 19 heavy (non-hydrogen) atoms. The van der Waals surface area contributed by atoms with Gasteiger partial charge in [-0.1, -0.05) is 11.6 Å². The van der Waals surface area contributed by atoms with E-state index in [1.165, 1.54) is 11.8 Å². The van der Waals surface area contributed by atoms with Crippen LogP contribution in [0, 0.1) is 5.82 Å². The topological polar surface area (TPSA) is 18.5 Å². The highest BCUT2D eigenvalue weighted by Crippen LogP contribution is 2.37. The highest BCUT2D eigenvalue weighted by molar-refractivity contribution is 7.98. The third kappa shape index (κ3) is 2.66. The molecule has 1 aromatic rings. The molecule has 0 saturated carbocycles. The van der Waals surface area contributed by atoms with Crippen LogP contribution in [-0.2, 0) is 9.31 Å². The second-order valence-electron chi connectivity index (χ2n) is 5.60. The normalized spacial score (nSPS) is 20.9. The smallest absolute Gasteiger partial charge is 0.399 e. The van der Waals surface area contributed by atoms with Crippen LogP contribution in [0.3, 0.4) is 0 Å². The van der Waals surface area contributed by atoms with Gasteiger partial charge in [0.05, 0.1) is 11.2 Å². The highest BCUT2D eigenvalue weighted by atomic mass is 35.5. The first-order chi connectivity index (χ1) is 8.68. The summed E-state index contributed by atoms with van der Waals surface area (Å²) in [5.74, 6) is -0.324. The second kappa shape index (κ2) is 4.95. The Morgan fingerprint density at radius 3 is 2.16 bits per heavy atom. The number of benzene rings is 1. The fourth-order valence-electron chi connectivity index (χ4n) is 1.87. The fourth-order valence-corrected chi connectivity index (χ4v) is 2.71. The Morgan fingerprint density at radius 1 is 1.16 bits per heavy atom. The Balaban J connectivity index is 2.42. The summed E-state index contributed by atoms with van der Waals surface area (Å²) in [7, 11) is -0.727. The van der Waals surface area contributed by atoms with Crippen LogP contribution < -0.4 is 5.46 Å². The van der Waals surface area contributed by atoms with Gasteiger partial charge in [-0.05, 0) is 46.1 Å². The molecule has 0 N–H and O–H groups in total. The molecule has 0 atom stereocenters. The molecule has 2 nitrogen and oxygen atoms in total. The average Bonchev–Trinajstić information content (AvgIpc) is 2.50. The lowest BCUT2D eigenvalue weighted by atomic mass is 9.78. The Kier molecular flexibility index (Phi) is 3.96. The van der Waals surface area contributed by atoms with Gasteiger partial charge in [-0.25, -0.2) is 4.39 Å². The van der Waals surface area contributed by atoms with Crippen molar-refractivity contribution in [2.75, 3.05) is 6.26 Å². The lowest BCUT2D eigenvalue weighted by Crippen LogP contribution is -2.41. The van der Waals surface area contributed by atoms with Crippen molar-refractivity contribution < 1.29 is 13.7 Å². The Hall–Kier alpha value is -0.225. The van der Waals surface area contributed by atoms with Crippen molar-refractivity contribution in [3.8, 4) is 0 Å². The van der Waals surface area contributed by atoms with E-state index in [1.807, 2.05) is 34.0 Å². The van der Waals surface area contributed by atoms with Crippen molar-refractivity contribution in [1.82, 2.24) is 0 Å². The van der Waals surface area contributed by atoms with Crippen LogP contribution in [0.4, 0.5) is 4.39 Å². The van der Waals surface area contributed by atoms with E-state index in [4.69, 9.17) is 20.9 Å². The van der Waals surface area contributed by atoms with Gasteiger partial charge in [0.2, 0.25) is 0 Å². The summed E-state index contributed by atoms with van der Waals surface area (Å²) >= 11 is 7.34. The minimum absolute atomic E-state index is 0.324. The number of hydrogen-bond acceptors (Lipinski definition) is 3. The summed E-state index contributed by atoms with van der Waals surface area (Å²) in [5, 5.41) is 0.482. The lowest BCUT2D eigenvalue weighted by molar-refractivity contribution is 0.00578. The maximum atomic E-state index is 14.4. The Bertz CT molecular complexity index is 492. The van der Waals surface area contributed by atoms with Crippen LogP contribution >= 0.6 is 23.4 Å². The van der Waals surface area contributed by atoms with E-state index in [1.54, 1.807) is 12.1 Å². The monoisotopic (exact) mass is 302 g/mol. The van der Waals surface area contributed by atoms with Crippen molar-refractivity contribution in [2.24, 2.45) is 0 Å². The highest BCUT2D eigenvalue weighted by Gasteiger charge is 2.52. The molecule has 2 rings (SSSR count). The quantitative estimate of drug-likeness (QED) is 0.615. The third-order valence-electron chi connectivity index (χ3n) is 3.76. The maximum absolute atomic E-state index is 14.4. The van der Waals surface area contributed by atoms with Gasteiger partial charge in [-0.3, -0.25) is 0 Å². The molecule has 0 aromatic heterocycles. The fraction of sp³-hybridized carbons (Fsp3) is 0.538. The van der Waals surface area contributed by atoms with E-state index in [-0.39, 0.29) is 5.82 Å². The molecule has 0 spiro atoms. The lowest BCUT2D eigenvalue weighted by Gasteiger charge is -2.32. The SMILES string of the molecule is CSc1cc(Cl)cc(B2OC(C)(C)C(C)(C)O2)c1F. The van der Waals surface area contributed by atoms with Gasteiger partial charge >= 0.3 is 7.12 Å². The molecule has 1 aliphatic rings. The molecular formula is C13H17BClFO2S. The van der Waals surface area contributed by atoms with Crippen LogP contribution in [0.5, 0.6) is 0 Å². The number of rotatable bonds is 2. The van der Waals surface area contributed by atoms with Crippen LogP contribution in [-0.4, -0.2) is 24.6 Å². The van der Waals surface area contributed by atoms with E-state index in [2.05, 4.69) is 0 Å². The first-order valence-electron chi connectivity index (χ1n) is 6.06. The molecule has 104 valence electrons. The van der Waals surface area contributed by atoms with Crippen molar-refractivity contribution >= 4 is 35.9 Å². The summed E-state index contributed by atoms with van der Waals surface area (Å²) in [6, 6.07) is 3.18. The van der Waals surface area contributed by atoms with E-state index >= 15 is 0 Å². The van der Waals surface area contributed by atoms with Crippen molar-refractivity contribution in [3.05, 3.63) is 23.0 Å². The van der Waals surface area contributed by atoms with E-state index < -0.39 is 18.3 Å². The molecule has 0 unspecified atom stereocenters. The van der Waals surface area contributed by atoms with Gasteiger partial charge in [0.15, 0.2) is 0 Å². The Labute approximate surface area is 123 Å². The molecule has 0 bridgehead atoms. The molecule has 1 fully saturated rings. The van der Waals surface area contributed by atoms with Crippen molar-refractivity contribution in [1.29, 1.82) is 0 Å². The number of hydrogen-bond donors (Lipinski definition) is 0. The summed E-state index contributed by atoms with van der Waals surface area (Å²) in [6.07, 6.45) is 1.81. The molecule has 1 heterocycles. The molecule has 1 aromatic carbocycles. The molecule has 0 radical (unpaired) electrons. The molecule has 0 aliphatic carbocycles. The van der Waals surface area contributed by atoms with Gasteiger partial charge in [0.25, 0.3) is 0 Å². The number of halogens is 2. The van der Waals surface area contributed by atoms with Crippen LogP contribution in [0.15, 0.2) is 17.0 Å².